The van der Waals surface area contributed by atoms with Gasteiger partial charge in [-0.15, -0.1) is 0 Å². The maximum atomic E-state index is 7.90. The zero-order valence-corrected chi connectivity index (χ0v) is 10.3. The Bertz CT molecular complexity index is 539. The molecule has 1 unspecified atom stereocenters. The van der Waals surface area contributed by atoms with Crippen LogP contribution in [0.1, 0.15) is 5.56 Å². The highest BCUT2D eigenvalue weighted by atomic mass is 35.5. The van der Waals surface area contributed by atoms with E-state index in [1.165, 1.54) is 5.39 Å². The first kappa shape index (κ1) is 11.9. The van der Waals surface area contributed by atoms with Crippen molar-refractivity contribution in [3.05, 3.63) is 48.0 Å². The van der Waals surface area contributed by atoms with Crippen LogP contribution in [0, 0.1) is 5.41 Å². The molecule has 88 valence electrons. The molecule has 1 atom stereocenters. The van der Waals surface area contributed by atoms with E-state index in [1.54, 1.807) is 7.05 Å². The van der Waals surface area contributed by atoms with E-state index in [4.69, 9.17) is 17.0 Å². The summed E-state index contributed by atoms with van der Waals surface area (Å²) >= 11 is 5.87. The Morgan fingerprint density at radius 3 is 2.59 bits per heavy atom. The van der Waals surface area contributed by atoms with Crippen molar-refractivity contribution in [1.82, 2.24) is 10.6 Å². The molecule has 0 saturated carbocycles. The number of nitrogens with one attached hydrogen (secondary N) is 3. The minimum atomic E-state index is -0.436. The van der Waals surface area contributed by atoms with Gasteiger partial charge in [0.1, 0.15) is 5.84 Å². The van der Waals surface area contributed by atoms with Crippen LogP contribution in [0.4, 0.5) is 0 Å². The first-order valence-corrected chi connectivity index (χ1v) is 5.80. The molecule has 0 aliphatic carbocycles. The second-order valence-corrected chi connectivity index (χ2v) is 4.17. The van der Waals surface area contributed by atoms with Crippen molar-refractivity contribution < 1.29 is 0 Å². The predicted molar refractivity (Wildman–Crippen MR) is 72.6 cm³/mol. The first-order chi connectivity index (χ1) is 8.20. The number of hydrogen-bond donors (Lipinski definition) is 3. The number of benzene rings is 2. The van der Waals surface area contributed by atoms with Gasteiger partial charge in [-0.3, -0.25) is 10.7 Å². The van der Waals surface area contributed by atoms with Crippen molar-refractivity contribution in [1.29, 1.82) is 5.41 Å². The van der Waals surface area contributed by atoms with E-state index in [0.717, 1.165) is 10.9 Å². The van der Waals surface area contributed by atoms with Gasteiger partial charge in [-0.25, -0.2) is 0 Å². The Morgan fingerprint density at radius 2 is 1.88 bits per heavy atom. The van der Waals surface area contributed by atoms with Gasteiger partial charge in [0.25, 0.3) is 0 Å². The lowest BCUT2D eigenvalue weighted by molar-refractivity contribution is 0.692. The maximum absolute atomic E-state index is 7.90. The number of hydrogen-bond acceptors (Lipinski definition) is 2. The fourth-order valence-corrected chi connectivity index (χ4v) is 1.74. The van der Waals surface area contributed by atoms with Crippen LogP contribution < -0.4 is 10.6 Å². The molecule has 0 bridgehead atoms. The molecule has 2 aromatic rings. The molecular weight excluding hydrogens is 234 g/mol. The standard InChI is InChI=1S/C13H14ClN3/c1-16-13(14)17-12(15)11-7-6-9-4-2-3-5-10(9)8-11/h2-8,13,16H,1H3,(H2,15,17). The van der Waals surface area contributed by atoms with Crippen molar-refractivity contribution in [2.24, 2.45) is 0 Å². The van der Waals surface area contributed by atoms with Crippen molar-refractivity contribution in [2.45, 2.75) is 5.62 Å². The first-order valence-electron chi connectivity index (χ1n) is 5.36. The predicted octanol–water partition coefficient (Wildman–Crippen LogP) is 2.50. The summed E-state index contributed by atoms with van der Waals surface area (Å²) in [5, 5.41) is 15.9. The van der Waals surface area contributed by atoms with E-state index in [9.17, 15) is 0 Å². The molecule has 0 aromatic heterocycles. The van der Waals surface area contributed by atoms with Gasteiger partial charge in [-0.2, -0.15) is 0 Å². The Morgan fingerprint density at radius 1 is 1.18 bits per heavy atom. The number of rotatable bonds is 3. The SMILES string of the molecule is CNC(Cl)NC(=N)c1ccc2ccccc2c1. The van der Waals surface area contributed by atoms with E-state index in [0.29, 0.717) is 5.84 Å². The Hall–Kier alpha value is -1.58. The van der Waals surface area contributed by atoms with Gasteiger partial charge in [0.05, 0.1) is 0 Å². The van der Waals surface area contributed by atoms with Gasteiger partial charge in [0, 0.05) is 5.56 Å². The summed E-state index contributed by atoms with van der Waals surface area (Å²) in [6.45, 7) is 0. The zero-order chi connectivity index (χ0) is 12.3. The average molecular weight is 248 g/mol. The fraction of sp³-hybridized carbons (Fsp3) is 0.154. The van der Waals surface area contributed by atoms with Gasteiger partial charge in [0.15, 0.2) is 5.62 Å². The van der Waals surface area contributed by atoms with Crippen LogP contribution in [0.3, 0.4) is 0 Å². The summed E-state index contributed by atoms with van der Waals surface area (Å²) in [4.78, 5) is 0. The lowest BCUT2D eigenvalue weighted by atomic mass is 10.1. The van der Waals surface area contributed by atoms with E-state index < -0.39 is 5.62 Å². The van der Waals surface area contributed by atoms with Crippen LogP contribution in [0.25, 0.3) is 10.8 Å². The van der Waals surface area contributed by atoms with Crippen molar-refractivity contribution >= 4 is 28.2 Å². The van der Waals surface area contributed by atoms with E-state index in [1.807, 2.05) is 42.5 Å². The molecule has 2 rings (SSSR count). The normalized spacial score (nSPS) is 12.4. The number of alkyl halides is 1. The smallest absolute Gasteiger partial charge is 0.156 e. The molecule has 0 aliphatic heterocycles. The Balaban J connectivity index is 2.27. The summed E-state index contributed by atoms with van der Waals surface area (Å²) in [7, 11) is 1.73. The molecule has 0 heterocycles. The van der Waals surface area contributed by atoms with Crippen LogP contribution in [-0.4, -0.2) is 18.5 Å². The molecule has 0 spiro atoms. The lowest BCUT2D eigenvalue weighted by Crippen LogP contribution is -2.39. The van der Waals surface area contributed by atoms with Gasteiger partial charge in [-0.05, 0) is 23.9 Å². The Kier molecular flexibility index (Phi) is 3.61. The van der Waals surface area contributed by atoms with E-state index in [2.05, 4.69) is 10.6 Å². The van der Waals surface area contributed by atoms with Crippen molar-refractivity contribution in [2.75, 3.05) is 7.05 Å². The maximum Gasteiger partial charge on any atom is 0.156 e. The molecule has 0 fully saturated rings. The average Bonchev–Trinajstić information content (AvgIpc) is 2.38. The minimum Gasteiger partial charge on any atom is -0.342 e. The lowest BCUT2D eigenvalue weighted by Gasteiger charge is -2.13. The zero-order valence-electron chi connectivity index (χ0n) is 9.50. The molecule has 2 aromatic carbocycles. The fourth-order valence-electron chi connectivity index (χ4n) is 1.63. The van der Waals surface area contributed by atoms with E-state index >= 15 is 0 Å². The Labute approximate surface area is 105 Å². The van der Waals surface area contributed by atoms with Crippen LogP contribution in [-0.2, 0) is 0 Å². The highest BCUT2D eigenvalue weighted by Gasteiger charge is 2.06. The molecule has 0 saturated heterocycles. The van der Waals surface area contributed by atoms with Gasteiger partial charge < -0.3 is 5.32 Å². The number of amidine groups is 1. The second-order valence-electron chi connectivity index (χ2n) is 3.73. The topological polar surface area (TPSA) is 47.9 Å². The third-order valence-corrected chi connectivity index (χ3v) is 2.89. The van der Waals surface area contributed by atoms with Crippen LogP contribution in [0.2, 0.25) is 0 Å². The van der Waals surface area contributed by atoms with Crippen LogP contribution in [0.15, 0.2) is 42.5 Å². The molecule has 0 amide bonds. The monoisotopic (exact) mass is 247 g/mol. The number of halogens is 1. The highest BCUT2D eigenvalue weighted by Crippen LogP contribution is 2.15. The summed E-state index contributed by atoms with van der Waals surface area (Å²) in [6, 6.07) is 14.0. The van der Waals surface area contributed by atoms with Gasteiger partial charge in [-0.1, -0.05) is 48.0 Å². The van der Waals surface area contributed by atoms with Gasteiger partial charge in [0.2, 0.25) is 0 Å². The van der Waals surface area contributed by atoms with Crippen LogP contribution in [0.5, 0.6) is 0 Å². The molecule has 0 radical (unpaired) electrons. The van der Waals surface area contributed by atoms with Gasteiger partial charge >= 0.3 is 0 Å². The van der Waals surface area contributed by atoms with Crippen molar-refractivity contribution in [3.63, 3.8) is 0 Å². The molecule has 3 N–H and O–H groups in total. The summed E-state index contributed by atoms with van der Waals surface area (Å²) in [6.07, 6.45) is 0. The van der Waals surface area contributed by atoms with Crippen molar-refractivity contribution in [3.8, 4) is 0 Å². The third kappa shape index (κ3) is 2.75. The molecule has 0 aliphatic rings. The second kappa shape index (κ2) is 5.17. The molecular formula is C13H14ClN3. The largest absolute Gasteiger partial charge is 0.342 e. The highest BCUT2D eigenvalue weighted by molar-refractivity contribution is 6.21. The van der Waals surface area contributed by atoms with E-state index in [-0.39, 0.29) is 0 Å². The molecule has 3 nitrogen and oxygen atoms in total. The molecule has 4 heteroatoms. The summed E-state index contributed by atoms with van der Waals surface area (Å²) in [5.41, 5.74) is 0.388. The summed E-state index contributed by atoms with van der Waals surface area (Å²) < 4.78 is 0. The minimum absolute atomic E-state index is 0.310. The van der Waals surface area contributed by atoms with Crippen LogP contribution >= 0.6 is 11.6 Å². The third-order valence-electron chi connectivity index (χ3n) is 2.56. The molecule has 17 heavy (non-hydrogen) atoms. The number of fused-ring (bicyclic) bond motifs is 1. The summed E-state index contributed by atoms with van der Waals surface area (Å²) in [5.74, 6) is 0.310. The quantitative estimate of drug-likeness (QED) is 0.257.